The van der Waals surface area contributed by atoms with E-state index in [-0.39, 0.29) is 27.4 Å². The van der Waals surface area contributed by atoms with Gasteiger partial charge < -0.3 is 14.5 Å². The summed E-state index contributed by atoms with van der Waals surface area (Å²) in [7, 11) is -4.15. The van der Waals surface area contributed by atoms with Crippen molar-refractivity contribution in [2.75, 3.05) is 37.7 Å². The van der Waals surface area contributed by atoms with Crippen molar-refractivity contribution in [1.82, 2.24) is 29.6 Å². The monoisotopic (exact) mass is 634 g/mol. The molecule has 6 rings (SSSR count). The number of nitrogens with one attached hydrogen (secondary N) is 1. The van der Waals surface area contributed by atoms with Crippen LogP contribution in [0.3, 0.4) is 0 Å². The molecule has 16 heteroatoms. The first-order valence-corrected chi connectivity index (χ1v) is 16.6. The molecule has 1 N–H and O–H groups in total. The lowest BCUT2D eigenvalue weighted by molar-refractivity contribution is -0.134. The fraction of sp³-hybridized carbons (Fsp3) is 0.593. The maximum atomic E-state index is 13.7. The van der Waals surface area contributed by atoms with Crippen LogP contribution >= 0.6 is 11.3 Å². The van der Waals surface area contributed by atoms with Gasteiger partial charge in [-0.3, -0.25) is 9.64 Å². The number of ether oxygens (including phenoxy) is 1. The van der Waals surface area contributed by atoms with Crippen LogP contribution in [0.4, 0.5) is 14.5 Å². The topological polar surface area (TPSA) is 127 Å². The van der Waals surface area contributed by atoms with Crippen LogP contribution in [0.15, 0.2) is 17.0 Å². The van der Waals surface area contributed by atoms with Crippen molar-refractivity contribution in [2.45, 2.75) is 69.2 Å². The average molecular weight is 635 g/mol. The molecule has 3 fully saturated rings. The van der Waals surface area contributed by atoms with Crippen molar-refractivity contribution in [3.8, 4) is 10.7 Å². The molecule has 1 unspecified atom stereocenters. The normalized spacial score (nSPS) is 20.6. The molecule has 1 saturated carbocycles. The highest BCUT2D eigenvalue weighted by molar-refractivity contribution is 7.89. The predicted molar refractivity (Wildman–Crippen MR) is 155 cm³/mol. The molecule has 12 nitrogen and oxygen atoms in total. The van der Waals surface area contributed by atoms with Crippen molar-refractivity contribution in [1.29, 1.82) is 0 Å². The van der Waals surface area contributed by atoms with E-state index < -0.39 is 33.3 Å². The van der Waals surface area contributed by atoms with Gasteiger partial charge in [0, 0.05) is 44.1 Å². The second-order valence-corrected chi connectivity index (χ2v) is 14.1. The molecule has 0 bridgehead atoms. The van der Waals surface area contributed by atoms with Gasteiger partial charge in [-0.1, -0.05) is 25.2 Å². The highest BCUT2D eigenvalue weighted by Gasteiger charge is 2.54. The van der Waals surface area contributed by atoms with Gasteiger partial charge in [0.05, 0.1) is 28.9 Å². The highest BCUT2D eigenvalue weighted by atomic mass is 32.2. The zero-order valence-electron chi connectivity index (χ0n) is 23.8. The fourth-order valence-electron chi connectivity index (χ4n) is 5.52. The Morgan fingerprint density at radius 3 is 2.51 bits per heavy atom. The minimum atomic E-state index is -4.15. The van der Waals surface area contributed by atoms with Gasteiger partial charge in [0.25, 0.3) is 12.1 Å². The van der Waals surface area contributed by atoms with Crippen LogP contribution < -0.4 is 9.62 Å². The number of piperazine rings is 1. The van der Waals surface area contributed by atoms with Crippen LogP contribution in [0.2, 0.25) is 0 Å². The van der Waals surface area contributed by atoms with E-state index in [4.69, 9.17) is 16.4 Å². The molecule has 0 radical (unpaired) electrons. The Hall–Kier alpha value is -3.26. The molecule has 1 aromatic carbocycles. The number of hydrogen-bond donors (Lipinski definition) is 1. The second-order valence-electron chi connectivity index (χ2n) is 11.4. The van der Waals surface area contributed by atoms with Crippen molar-refractivity contribution in [3.05, 3.63) is 28.6 Å². The molecule has 2 aromatic heterocycles. The van der Waals surface area contributed by atoms with Crippen molar-refractivity contribution in [3.63, 3.8) is 0 Å². The van der Waals surface area contributed by atoms with E-state index in [1.807, 2.05) is 18.7 Å². The minimum Gasteiger partial charge on any atom is -0.366 e. The van der Waals surface area contributed by atoms with E-state index in [1.165, 1.54) is 6.07 Å². The third-order valence-corrected chi connectivity index (χ3v) is 10.5. The quantitative estimate of drug-likeness (QED) is 0.366. The third kappa shape index (κ3) is 5.70. The number of sulfonamides is 1. The number of aromatic nitrogens is 4. The molecule has 1 aliphatic carbocycles. The summed E-state index contributed by atoms with van der Waals surface area (Å²) < 4.78 is 64.7. The molecule has 1 atom stereocenters. The van der Waals surface area contributed by atoms with Gasteiger partial charge in [0.2, 0.25) is 15.9 Å². The number of halogens is 2. The van der Waals surface area contributed by atoms with Gasteiger partial charge in [0.15, 0.2) is 16.2 Å². The largest absolute Gasteiger partial charge is 0.366 e. The number of nitrogens with zero attached hydrogens (tertiary/aromatic N) is 7. The lowest BCUT2D eigenvalue weighted by Gasteiger charge is -2.37. The Balaban J connectivity index is 1.52. The van der Waals surface area contributed by atoms with Gasteiger partial charge in [0.1, 0.15) is 5.69 Å². The first kappa shape index (κ1) is 29.8. The number of benzene rings is 1. The molecular formula is C27H32F2N8O4S2. The van der Waals surface area contributed by atoms with E-state index in [0.717, 1.165) is 12.8 Å². The van der Waals surface area contributed by atoms with Crippen molar-refractivity contribution in [2.24, 2.45) is 5.92 Å². The molecule has 3 aromatic rings. The molecule has 43 heavy (non-hydrogen) atoms. The van der Waals surface area contributed by atoms with Gasteiger partial charge in [-0.2, -0.15) is 5.10 Å². The number of rotatable bonds is 8. The Morgan fingerprint density at radius 2 is 1.93 bits per heavy atom. The lowest BCUT2D eigenvalue weighted by Crippen LogP contribution is -2.50. The molecule has 3 aliphatic rings. The number of hydrogen-bond acceptors (Lipinski definition) is 9. The molecule has 1 amide bonds. The van der Waals surface area contributed by atoms with E-state index >= 15 is 0 Å². The van der Waals surface area contributed by atoms with Crippen LogP contribution in [0.5, 0.6) is 0 Å². The van der Waals surface area contributed by atoms with Crippen LogP contribution in [0.1, 0.15) is 63.6 Å². The number of anilines is 1. The average Bonchev–Trinajstić information content (AvgIpc) is 3.40. The summed E-state index contributed by atoms with van der Waals surface area (Å²) in [6.07, 6.45) is 0.0279. The molecule has 4 heterocycles. The molecular weight excluding hydrogens is 602 g/mol. The lowest BCUT2D eigenvalue weighted by atomic mass is 10.1. The summed E-state index contributed by atoms with van der Waals surface area (Å²) in [5.41, 5.74) is 0.218. The van der Waals surface area contributed by atoms with Gasteiger partial charge in [-0.15, -0.1) is 14.9 Å². The number of carbonyl (C=O) groups is 1. The number of fused-ring (bicyclic) bond motifs is 1. The molecule has 0 spiro atoms. The van der Waals surface area contributed by atoms with Gasteiger partial charge >= 0.3 is 0 Å². The van der Waals surface area contributed by atoms with Crippen LogP contribution in [-0.4, -0.2) is 77.7 Å². The Labute approximate surface area is 251 Å². The standard InChI is InChI=1S/C27H32F2N8O4S2/c1-16(2)26(38)36-11-9-35(10-12-36)19-15-17(43(39,40)34-27(30-3)7-8-27)14-18-21(24-31-32-25(42-24)23(28)29)33-37(22(18)19)20-6-4-5-13-41-20/h14-16,20,23,34H,4-13H2,1-2H3. The first-order chi connectivity index (χ1) is 20.5. The van der Waals surface area contributed by atoms with Crippen LogP contribution in [-0.2, 0) is 19.6 Å². The molecule has 2 aliphatic heterocycles. The summed E-state index contributed by atoms with van der Waals surface area (Å²) in [6.45, 7) is 13.5. The van der Waals surface area contributed by atoms with Crippen LogP contribution in [0, 0.1) is 12.5 Å². The smallest absolute Gasteiger partial charge is 0.299 e. The summed E-state index contributed by atoms with van der Waals surface area (Å²) >= 11 is 0.702. The van der Waals surface area contributed by atoms with Crippen LogP contribution in [0.25, 0.3) is 26.4 Å². The van der Waals surface area contributed by atoms with E-state index in [9.17, 15) is 22.0 Å². The number of carbonyl (C=O) groups excluding carboxylic acids is 1. The molecule has 230 valence electrons. The van der Waals surface area contributed by atoms with Crippen molar-refractivity contribution < 1.29 is 26.7 Å². The Morgan fingerprint density at radius 1 is 1.19 bits per heavy atom. The minimum absolute atomic E-state index is 0.0493. The fourth-order valence-corrected chi connectivity index (χ4v) is 7.63. The summed E-state index contributed by atoms with van der Waals surface area (Å²) in [5.74, 6) is -0.0966. The van der Waals surface area contributed by atoms with Crippen molar-refractivity contribution >= 4 is 43.9 Å². The van der Waals surface area contributed by atoms with E-state index in [0.29, 0.717) is 80.0 Å². The zero-order chi connectivity index (χ0) is 30.5. The maximum Gasteiger partial charge on any atom is 0.299 e. The molecule has 2 saturated heterocycles. The summed E-state index contributed by atoms with van der Waals surface area (Å²) in [6, 6.07) is 3.03. The Bertz CT molecular complexity index is 1680. The number of amides is 1. The zero-order valence-corrected chi connectivity index (χ0v) is 25.4. The van der Waals surface area contributed by atoms with E-state index in [1.54, 1.807) is 15.6 Å². The second kappa shape index (κ2) is 11.3. The van der Waals surface area contributed by atoms with Gasteiger partial charge in [-0.25, -0.2) is 28.5 Å². The highest BCUT2D eigenvalue weighted by Crippen LogP contribution is 2.43. The number of alkyl halides is 2. The van der Waals surface area contributed by atoms with E-state index in [2.05, 4.69) is 19.8 Å². The summed E-state index contributed by atoms with van der Waals surface area (Å²) in [5, 5.41) is 12.5. The Kier molecular flexibility index (Phi) is 7.86. The third-order valence-electron chi connectivity index (χ3n) is 8.01. The first-order valence-electron chi connectivity index (χ1n) is 14.3. The predicted octanol–water partition coefficient (Wildman–Crippen LogP) is 4.18. The SMILES string of the molecule is [C-]#[N+]C1(NS(=O)(=O)c2cc(N3CCN(C(=O)C(C)C)CC3)c3c(c2)c(-c2nnc(C(F)F)s2)nn3C2CCCCO2)CC1. The maximum absolute atomic E-state index is 13.7. The van der Waals surface area contributed by atoms with Gasteiger partial charge in [-0.05, 0) is 31.4 Å². The summed E-state index contributed by atoms with van der Waals surface area (Å²) in [4.78, 5) is 19.9.